The van der Waals surface area contributed by atoms with E-state index in [1.165, 1.54) is 6.07 Å². The first-order valence-electron chi connectivity index (χ1n) is 7.85. The molecule has 2 aromatic heterocycles. The Bertz CT molecular complexity index is 1090. The van der Waals surface area contributed by atoms with Gasteiger partial charge in [-0.3, -0.25) is 4.98 Å². The summed E-state index contributed by atoms with van der Waals surface area (Å²) < 4.78 is 14.5. The molecule has 0 aliphatic rings. The number of anilines is 4. The SMILES string of the molecule is Fc1ccccc1Nc1ncc(Br)c(Nc2ccc3ncccc3c2)n1. The molecule has 26 heavy (non-hydrogen) atoms. The monoisotopic (exact) mass is 409 g/mol. The van der Waals surface area contributed by atoms with Gasteiger partial charge < -0.3 is 10.6 Å². The Kier molecular flexibility index (Phi) is 4.45. The average Bonchev–Trinajstić information content (AvgIpc) is 2.66. The van der Waals surface area contributed by atoms with Gasteiger partial charge in [0.25, 0.3) is 0 Å². The average molecular weight is 410 g/mol. The van der Waals surface area contributed by atoms with Gasteiger partial charge in [-0.25, -0.2) is 9.37 Å². The van der Waals surface area contributed by atoms with Crippen LogP contribution in [0.3, 0.4) is 0 Å². The molecule has 2 aromatic carbocycles. The fraction of sp³-hybridized carbons (Fsp3) is 0. The summed E-state index contributed by atoms with van der Waals surface area (Å²) in [6, 6.07) is 16.1. The van der Waals surface area contributed by atoms with Crippen molar-refractivity contribution in [1.29, 1.82) is 0 Å². The zero-order valence-electron chi connectivity index (χ0n) is 13.4. The molecule has 0 radical (unpaired) electrons. The van der Waals surface area contributed by atoms with Crippen LogP contribution < -0.4 is 10.6 Å². The minimum Gasteiger partial charge on any atom is -0.339 e. The second kappa shape index (κ2) is 7.05. The second-order valence-corrected chi connectivity index (χ2v) is 6.39. The van der Waals surface area contributed by atoms with Crippen LogP contribution in [0.25, 0.3) is 10.9 Å². The molecule has 7 heteroatoms. The number of halogens is 2. The van der Waals surface area contributed by atoms with Crippen LogP contribution in [0.4, 0.5) is 27.5 Å². The Labute approximate surface area is 157 Å². The van der Waals surface area contributed by atoms with Crippen molar-refractivity contribution in [3.05, 3.63) is 77.3 Å². The van der Waals surface area contributed by atoms with E-state index >= 15 is 0 Å². The van der Waals surface area contributed by atoms with Crippen LogP contribution in [0.5, 0.6) is 0 Å². The molecule has 0 saturated carbocycles. The maximum Gasteiger partial charge on any atom is 0.229 e. The Balaban J connectivity index is 1.62. The molecular formula is C19H13BrFN5. The lowest BCUT2D eigenvalue weighted by Gasteiger charge is -2.11. The van der Waals surface area contributed by atoms with Crippen LogP contribution in [0.2, 0.25) is 0 Å². The van der Waals surface area contributed by atoms with Crippen LogP contribution in [0.15, 0.2) is 71.5 Å². The van der Waals surface area contributed by atoms with E-state index in [9.17, 15) is 4.39 Å². The summed E-state index contributed by atoms with van der Waals surface area (Å²) in [4.78, 5) is 12.9. The van der Waals surface area contributed by atoms with Crippen LogP contribution in [-0.2, 0) is 0 Å². The molecule has 0 fully saturated rings. The summed E-state index contributed by atoms with van der Waals surface area (Å²) in [7, 11) is 0. The van der Waals surface area contributed by atoms with Crippen LogP contribution >= 0.6 is 15.9 Å². The highest BCUT2D eigenvalue weighted by Gasteiger charge is 2.08. The third-order valence-electron chi connectivity index (χ3n) is 3.73. The number of pyridine rings is 1. The number of benzene rings is 2. The number of nitrogens with zero attached hydrogens (tertiary/aromatic N) is 3. The standard InChI is InChI=1S/C19H13BrFN5/c20-14-11-23-19(25-17-6-2-1-5-15(17)21)26-18(14)24-13-7-8-16-12(10-13)4-3-9-22-16/h1-11H,(H2,23,24,25,26). The zero-order chi connectivity index (χ0) is 17.9. The predicted octanol–water partition coefficient (Wildman–Crippen LogP) is 5.41. The van der Waals surface area contributed by atoms with Crippen LogP contribution in [0.1, 0.15) is 0 Å². The third kappa shape index (κ3) is 3.48. The zero-order valence-corrected chi connectivity index (χ0v) is 15.0. The number of nitrogens with one attached hydrogen (secondary N) is 2. The van der Waals surface area contributed by atoms with Crippen molar-refractivity contribution in [2.75, 3.05) is 10.6 Å². The molecule has 0 unspecified atom stereocenters. The lowest BCUT2D eigenvalue weighted by molar-refractivity contribution is 0.631. The molecule has 128 valence electrons. The third-order valence-corrected chi connectivity index (χ3v) is 4.31. The van der Waals surface area contributed by atoms with E-state index in [2.05, 4.69) is 41.5 Å². The van der Waals surface area contributed by atoms with Gasteiger partial charge in [0.2, 0.25) is 5.95 Å². The molecule has 0 saturated heterocycles. The lowest BCUT2D eigenvalue weighted by atomic mass is 10.2. The van der Waals surface area contributed by atoms with Gasteiger partial charge in [-0.05, 0) is 52.3 Å². The summed E-state index contributed by atoms with van der Waals surface area (Å²) in [5.41, 5.74) is 2.10. The molecule has 0 aliphatic carbocycles. The van der Waals surface area contributed by atoms with Gasteiger partial charge in [0.1, 0.15) is 11.6 Å². The molecule has 2 N–H and O–H groups in total. The van der Waals surface area contributed by atoms with Crippen molar-refractivity contribution >= 4 is 50.0 Å². The van der Waals surface area contributed by atoms with E-state index in [-0.39, 0.29) is 5.82 Å². The van der Waals surface area contributed by atoms with Gasteiger partial charge in [-0.15, -0.1) is 0 Å². The van der Waals surface area contributed by atoms with Gasteiger partial charge in [-0.1, -0.05) is 18.2 Å². The van der Waals surface area contributed by atoms with Gasteiger partial charge >= 0.3 is 0 Å². The van der Waals surface area contributed by atoms with Crippen LogP contribution in [0, 0.1) is 5.82 Å². The van der Waals surface area contributed by atoms with Crippen molar-refractivity contribution in [2.45, 2.75) is 0 Å². The highest BCUT2D eigenvalue weighted by molar-refractivity contribution is 9.10. The van der Waals surface area contributed by atoms with E-state index in [4.69, 9.17) is 0 Å². The molecule has 4 aromatic rings. The minimum atomic E-state index is -0.365. The maximum absolute atomic E-state index is 13.8. The molecule has 0 atom stereocenters. The van der Waals surface area contributed by atoms with Crippen molar-refractivity contribution in [2.24, 2.45) is 0 Å². The maximum atomic E-state index is 13.8. The molecule has 0 bridgehead atoms. The Morgan fingerprint density at radius 3 is 2.69 bits per heavy atom. The smallest absolute Gasteiger partial charge is 0.229 e. The molecule has 2 heterocycles. The fourth-order valence-electron chi connectivity index (χ4n) is 2.49. The Morgan fingerprint density at radius 1 is 0.923 bits per heavy atom. The summed E-state index contributed by atoms with van der Waals surface area (Å²) >= 11 is 3.44. The largest absolute Gasteiger partial charge is 0.339 e. The lowest BCUT2D eigenvalue weighted by Crippen LogP contribution is -2.02. The molecule has 0 amide bonds. The minimum absolute atomic E-state index is 0.295. The first-order valence-corrected chi connectivity index (χ1v) is 8.64. The van der Waals surface area contributed by atoms with E-state index in [0.717, 1.165) is 16.6 Å². The highest BCUT2D eigenvalue weighted by atomic mass is 79.9. The Hall–Kier alpha value is -3.06. The molecular weight excluding hydrogens is 397 g/mol. The fourth-order valence-corrected chi connectivity index (χ4v) is 2.78. The molecule has 5 nitrogen and oxygen atoms in total. The van der Waals surface area contributed by atoms with Gasteiger partial charge in [0.15, 0.2) is 0 Å². The second-order valence-electron chi connectivity index (χ2n) is 5.53. The van der Waals surface area contributed by atoms with Gasteiger partial charge in [0.05, 0.1) is 15.7 Å². The number of para-hydroxylation sites is 1. The van der Waals surface area contributed by atoms with E-state index in [1.54, 1.807) is 30.6 Å². The number of hydrogen-bond acceptors (Lipinski definition) is 5. The van der Waals surface area contributed by atoms with Gasteiger partial charge in [0, 0.05) is 23.5 Å². The van der Waals surface area contributed by atoms with Crippen molar-refractivity contribution in [1.82, 2.24) is 15.0 Å². The van der Waals surface area contributed by atoms with Crippen molar-refractivity contribution in [3.63, 3.8) is 0 Å². The summed E-state index contributed by atoms with van der Waals surface area (Å²) in [5, 5.41) is 7.15. The summed E-state index contributed by atoms with van der Waals surface area (Å²) in [6.45, 7) is 0. The van der Waals surface area contributed by atoms with Crippen molar-refractivity contribution < 1.29 is 4.39 Å². The normalized spacial score (nSPS) is 10.7. The molecule has 0 aliphatic heterocycles. The molecule has 0 spiro atoms. The first kappa shape index (κ1) is 16.4. The number of aromatic nitrogens is 3. The molecule has 4 rings (SSSR count). The predicted molar refractivity (Wildman–Crippen MR) is 104 cm³/mol. The summed E-state index contributed by atoms with van der Waals surface area (Å²) in [6.07, 6.45) is 3.37. The Morgan fingerprint density at radius 2 is 1.81 bits per heavy atom. The van der Waals surface area contributed by atoms with Crippen LogP contribution in [-0.4, -0.2) is 15.0 Å². The number of hydrogen-bond donors (Lipinski definition) is 2. The van der Waals surface area contributed by atoms with Crippen molar-refractivity contribution in [3.8, 4) is 0 Å². The van der Waals surface area contributed by atoms with E-state index in [1.807, 2.05) is 30.3 Å². The van der Waals surface area contributed by atoms with Gasteiger partial charge in [-0.2, -0.15) is 4.98 Å². The quantitative estimate of drug-likeness (QED) is 0.471. The highest BCUT2D eigenvalue weighted by Crippen LogP contribution is 2.27. The van der Waals surface area contributed by atoms with E-state index in [0.29, 0.717) is 21.9 Å². The number of fused-ring (bicyclic) bond motifs is 1. The summed E-state index contributed by atoms with van der Waals surface area (Å²) in [5.74, 6) is 0.501. The topological polar surface area (TPSA) is 62.7 Å². The van der Waals surface area contributed by atoms with E-state index < -0.39 is 0 Å². The first-order chi connectivity index (χ1) is 12.7. The number of rotatable bonds is 4.